The minimum absolute atomic E-state index is 0.0249. The van der Waals surface area contributed by atoms with E-state index in [0.717, 1.165) is 12.3 Å². The number of nitrogens with one attached hydrogen (secondary N) is 1. The van der Waals surface area contributed by atoms with E-state index in [2.05, 4.69) is 9.71 Å². The number of alkyl halides is 3. The molecule has 1 aromatic heterocycles. The molecule has 1 N–H and O–H groups in total. The van der Waals surface area contributed by atoms with Crippen LogP contribution in [0.5, 0.6) is 0 Å². The van der Waals surface area contributed by atoms with Crippen molar-refractivity contribution in [3.8, 4) is 0 Å². The molecular formula is C14H13F3N2O4S2. The number of benzene rings is 1. The number of sulfone groups is 1. The quantitative estimate of drug-likeness (QED) is 0.837. The van der Waals surface area contributed by atoms with Crippen LogP contribution in [0.25, 0.3) is 0 Å². The van der Waals surface area contributed by atoms with Crippen molar-refractivity contribution in [2.45, 2.75) is 22.6 Å². The Morgan fingerprint density at radius 2 is 1.76 bits per heavy atom. The molecule has 0 amide bonds. The van der Waals surface area contributed by atoms with Crippen LogP contribution in [-0.4, -0.2) is 28.1 Å². The first-order valence-corrected chi connectivity index (χ1v) is 10.1. The third kappa shape index (κ3) is 5.00. The second kappa shape index (κ2) is 6.73. The number of nitrogens with zero attached hydrogens (tertiary/aromatic N) is 1. The summed E-state index contributed by atoms with van der Waals surface area (Å²) in [5.41, 5.74) is -0.689. The van der Waals surface area contributed by atoms with Crippen LogP contribution in [0.2, 0.25) is 0 Å². The van der Waals surface area contributed by atoms with Crippen LogP contribution in [0.1, 0.15) is 11.1 Å². The monoisotopic (exact) mass is 394 g/mol. The van der Waals surface area contributed by atoms with Gasteiger partial charge in [0.1, 0.15) is 0 Å². The van der Waals surface area contributed by atoms with E-state index in [0.29, 0.717) is 17.8 Å². The number of pyridine rings is 1. The molecule has 1 aromatic carbocycles. The van der Waals surface area contributed by atoms with Crippen LogP contribution < -0.4 is 4.72 Å². The van der Waals surface area contributed by atoms with Crippen molar-refractivity contribution in [1.82, 2.24) is 9.71 Å². The molecule has 2 aromatic rings. The molecule has 0 saturated carbocycles. The summed E-state index contributed by atoms with van der Waals surface area (Å²) in [5, 5.41) is -0.570. The molecule has 2 rings (SSSR count). The largest absolute Gasteiger partial charge is 0.417 e. The summed E-state index contributed by atoms with van der Waals surface area (Å²) in [6.45, 7) is -0.242. The molecule has 0 aliphatic carbocycles. The zero-order chi connectivity index (χ0) is 18.9. The molecule has 0 unspecified atom stereocenters. The van der Waals surface area contributed by atoms with Gasteiger partial charge in [0.25, 0.3) is 10.0 Å². The Kier molecular flexibility index (Phi) is 5.21. The van der Waals surface area contributed by atoms with Crippen LogP contribution in [0.3, 0.4) is 0 Å². The van der Waals surface area contributed by atoms with Crippen molar-refractivity contribution in [2.24, 2.45) is 0 Å². The number of hydrogen-bond acceptors (Lipinski definition) is 5. The molecule has 6 nitrogen and oxygen atoms in total. The molecule has 25 heavy (non-hydrogen) atoms. The van der Waals surface area contributed by atoms with Gasteiger partial charge in [-0.1, -0.05) is 12.1 Å². The Morgan fingerprint density at radius 1 is 1.08 bits per heavy atom. The molecule has 11 heteroatoms. The van der Waals surface area contributed by atoms with Gasteiger partial charge in [-0.05, 0) is 29.8 Å². The summed E-state index contributed by atoms with van der Waals surface area (Å²) >= 11 is 0. The van der Waals surface area contributed by atoms with Crippen LogP contribution in [0.4, 0.5) is 13.2 Å². The molecular weight excluding hydrogens is 381 g/mol. The lowest BCUT2D eigenvalue weighted by Gasteiger charge is -2.09. The second-order valence-electron chi connectivity index (χ2n) is 5.13. The summed E-state index contributed by atoms with van der Waals surface area (Å²) in [6, 6.07) is 7.00. The Hall–Kier alpha value is -1.98. The van der Waals surface area contributed by atoms with Gasteiger partial charge in [0, 0.05) is 19.0 Å². The minimum Gasteiger partial charge on any atom is -0.243 e. The maximum atomic E-state index is 12.5. The summed E-state index contributed by atoms with van der Waals surface area (Å²) in [7, 11) is -7.59. The van der Waals surface area contributed by atoms with Gasteiger partial charge < -0.3 is 0 Å². The Morgan fingerprint density at radius 3 is 2.28 bits per heavy atom. The van der Waals surface area contributed by atoms with Gasteiger partial charge in [0.15, 0.2) is 14.9 Å². The number of aromatic nitrogens is 1. The van der Waals surface area contributed by atoms with Crippen LogP contribution in [-0.2, 0) is 32.6 Å². The van der Waals surface area contributed by atoms with Gasteiger partial charge in [0.2, 0.25) is 0 Å². The molecule has 136 valence electrons. The number of sulfonamides is 1. The summed E-state index contributed by atoms with van der Waals surface area (Å²) in [4.78, 5) is 3.34. The van der Waals surface area contributed by atoms with E-state index in [1.807, 2.05) is 0 Å². The number of hydrogen-bond donors (Lipinski definition) is 1. The highest BCUT2D eigenvalue weighted by Crippen LogP contribution is 2.28. The topological polar surface area (TPSA) is 93.2 Å². The van der Waals surface area contributed by atoms with E-state index in [4.69, 9.17) is 0 Å². The van der Waals surface area contributed by atoms with Crippen molar-refractivity contribution in [3.63, 3.8) is 0 Å². The number of halogens is 3. The molecule has 0 fully saturated rings. The smallest absolute Gasteiger partial charge is 0.243 e. The molecule has 0 aliphatic rings. The van der Waals surface area contributed by atoms with E-state index in [1.165, 1.54) is 24.3 Å². The lowest BCUT2D eigenvalue weighted by atomic mass is 10.2. The van der Waals surface area contributed by atoms with Gasteiger partial charge in [-0.2, -0.15) is 13.2 Å². The van der Waals surface area contributed by atoms with E-state index in [9.17, 15) is 30.0 Å². The first kappa shape index (κ1) is 19.3. The average Bonchev–Trinajstić information content (AvgIpc) is 2.52. The van der Waals surface area contributed by atoms with Gasteiger partial charge in [-0.3, -0.25) is 0 Å². The van der Waals surface area contributed by atoms with Crippen molar-refractivity contribution in [2.75, 3.05) is 6.26 Å². The second-order valence-corrected chi connectivity index (χ2v) is 8.86. The summed E-state index contributed by atoms with van der Waals surface area (Å²) in [5.74, 6) is 0. The van der Waals surface area contributed by atoms with Gasteiger partial charge in [-0.15, -0.1) is 0 Å². The molecule has 0 spiro atoms. The molecule has 0 aliphatic heterocycles. The predicted octanol–water partition coefficient (Wildman–Crippen LogP) is 1.98. The molecule has 0 atom stereocenters. The lowest BCUT2D eigenvalue weighted by molar-refractivity contribution is -0.137. The number of rotatable bonds is 5. The Bertz CT molecular complexity index is 970. The highest BCUT2D eigenvalue weighted by atomic mass is 32.2. The molecule has 0 saturated heterocycles. The standard InChI is InChI=1S/C14H13F3N2O4S2/c1-24(20,21)12-4-2-3-10(7-12)8-19-25(22,23)13-6-5-11(9-18-13)14(15,16)17/h2-7,9,19H,8H2,1H3. The highest BCUT2D eigenvalue weighted by Gasteiger charge is 2.31. The van der Waals surface area contributed by atoms with Crippen molar-refractivity contribution >= 4 is 19.9 Å². The molecule has 0 radical (unpaired) electrons. The maximum Gasteiger partial charge on any atom is 0.417 e. The maximum absolute atomic E-state index is 12.5. The van der Waals surface area contributed by atoms with Gasteiger partial charge in [0.05, 0.1) is 10.5 Å². The van der Waals surface area contributed by atoms with Crippen LogP contribution in [0.15, 0.2) is 52.5 Å². The third-order valence-electron chi connectivity index (χ3n) is 3.13. The third-order valence-corrected chi connectivity index (χ3v) is 5.56. The fourth-order valence-electron chi connectivity index (χ4n) is 1.85. The van der Waals surface area contributed by atoms with E-state index in [-0.39, 0.29) is 11.4 Å². The summed E-state index contributed by atoms with van der Waals surface area (Å²) in [6.07, 6.45) is -3.17. The Balaban J connectivity index is 2.17. The lowest BCUT2D eigenvalue weighted by Crippen LogP contribution is -2.24. The van der Waals surface area contributed by atoms with E-state index < -0.39 is 36.6 Å². The summed E-state index contributed by atoms with van der Waals surface area (Å²) < 4.78 is 86.7. The van der Waals surface area contributed by atoms with Crippen LogP contribution >= 0.6 is 0 Å². The zero-order valence-electron chi connectivity index (χ0n) is 12.8. The van der Waals surface area contributed by atoms with Crippen LogP contribution in [0, 0.1) is 0 Å². The van der Waals surface area contributed by atoms with Crippen molar-refractivity contribution in [1.29, 1.82) is 0 Å². The Labute approximate surface area is 142 Å². The normalized spacial score (nSPS) is 13.0. The average molecular weight is 394 g/mol. The minimum atomic E-state index is -4.62. The first-order valence-electron chi connectivity index (χ1n) is 6.71. The SMILES string of the molecule is CS(=O)(=O)c1cccc(CNS(=O)(=O)c2ccc(C(F)(F)F)cn2)c1. The van der Waals surface area contributed by atoms with Gasteiger partial charge in [-0.25, -0.2) is 26.5 Å². The zero-order valence-corrected chi connectivity index (χ0v) is 14.4. The van der Waals surface area contributed by atoms with E-state index >= 15 is 0 Å². The predicted molar refractivity (Wildman–Crippen MR) is 82.8 cm³/mol. The highest BCUT2D eigenvalue weighted by molar-refractivity contribution is 7.90. The fourth-order valence-corrected chi connectivity index (χ4v) is 3.48. The molecule has 0 bridgehead atoms. The fraction of sp³-hybridized carbons (Fsp3) is 0.214. The molecule has 1 heterocycles. The van der Waals surface area contributed by atoms with Crippen molar-refractivity contribution < 1.29 is 30.0 Å². The van der Waals surface area contributed by atoms with E-state index in [1.54, 1.807) is 0 Å². The van der Waals surface area contributed by atoms with Gasteiger partial charge >= 0.3 is 6.18 Å². The van der Waals surface area contributed by atoms with Crippen molar-refractivity contribution in [3.05, 3.63) is 53.7 Å². The first-order chi connectivity index (χ1) is 11.4.